The molecule has 0 aromatic carbocycles. The third-order valence-electron chi connectivity index (χ3n) is 1.01. The van der Waals surface area contributed by atoms with Crippen molar-refractivity contribution < 1.29 is 4.79 Å². The van der Waals surface area contributed by atoms with Crippen LogP contribution >= 0.6 is 23.2 Å². The van der Waals surface area contributed by atoms with E-state index in [0.717, 1.165) is 0 Å². The van der Waals surface area contributed by atoms with Crippen LogP contribution in [0.4, 0.5) is 0 Å². The lowest BCUT2D eigenvalue weighted by molar-refractivity contribution is -0.113. The van der Waals surface area contributed by atoms with Crippen LogP contribution in [0.15, 0.2) is 22.2 Å². The zero-order chi connectivity index (χ0) is 8.15. The molecular weight excluding hydrogens is 171 g/mol. The first-order valence-electron chi connectivity index (χ1n) is 2.74. The molecule has 56 valence electrons. The highest BCUT2D eigenvalue weighted by Gasteiger charge is 1.92. The quantitative estimate of drug-likeness (QED) is 0.470. The van der Waals surface area contributed by atoms with Gasteiger partial charge in [0.1, 0.15) is 4.49 Å². The van der Waals surface area contributed by atoms with Gasteiger partial charge in [0.25, 0.3) is 0 Å². The molecule has 0 aromatic rings. The number of hydrogen-bond acceptors (Lipinski definition) is 1. The molecule has 0 fully saturated rings. The van der Waals surface area contributed by atoms with Crippen LogP contribution in [0.1, 0.15) is 13.8 Å². The normalized spacial score (nSPS) is 11.0. The van der Waals surface area contributed by atoms with Crippen LogP contribution in [0, 0.1) is 0 Å². The Morgan fingerprint density at radius 1 is 1.20 bits per heavy atom. The maximum absolute atomic E-state index is 10.6. The molecule has 0 radical (unpaired) electrons. The number of Topliss-reactive ketones (excluding diaryl/α,β-unsaturated/α-hetero) is 1. The lowest BCUT2D eigenvalue weighted by Gasteiger charge is -1.88. The average molecular weight is 179 g/mol. The number of carbonyl (C=O) groups is 1. The van der Waals surface area contributed by atoms with Crippen molar-refractivity contribution in [2.75, 3.05) is 0 Å². The fraction of sp³-hybridized carbons (Fsp3) is 0.286. The molecule has 0 amide bonds. The van der Waals surface area contributed by atoms with Crippen molar-refractivity contribution in [3.05, 3.63) is 22.2 Å². The summed E-state index contributed by atoms with van der Waals surface area (Å²) in [5, 5.41) is 0. The Bertz CT molecular complexity index is 188. The Morgan fingerprint density at radius 2 is 1.70 bits per heavy atom. The van der Waals surface area contributed by atoms with E-state index in [1.807, 2.05) is 0 Å². The van der Waals surface area contributed by atoms with Gasteiger partial charge in [0.15, 0.2) is 5.78 Å². The second kappa shape index (κ2) is 4.53. The topological polar surface area (TPSA) is 17.1 Å². The molecule has 0 unspecified atom stereocenters. The van der Waals surface area contributed by atoms with Gasteiger partial charge >= 0.3 is 0 Å². The van der Waals surface area contributed by atoms with Gasteiger partial charge in [-0.3, -0.25) is 4.79 Å². The second-order valence-electron chi connectivity index (χ2n) is 1.86. The van der Waals surface area contributed by atoms with Crippen LogP contribution in [-0.4, -0.2) is 5.78 Å². The smallest absolute Gasteiger partial charge is 0.155 e. The molecule has 0 aliphatic rings. The highest BCUT2D eigenvalue weighted by atomic mass is 35.5. The lowest BCUT2D eigenvalue weighted by Crippen LogP contribution is -1.89. The molecule has 0 rings (SSSR count). The van der Waals surface area contributed by atoms with Crippen LogP contribution in [0.25, 0.3) is 0 Å². The highest BCUT2D eigenvalue weighted by molar-refractivity contribution is 6.56. The van der Waals surface area contributed by atoms with Crippen LogP contribution < -0.4 is 0 Å². The summed E-state index contributed by atoms with van der Waals surface area (Å²) < 4.78 is 0.153. The van der Waals surface area contributed by atoms with Gasteiger partial charge in [0.05, 0.1) is 0 Å². The van der Waals surface area contributed by atoms with E-state index in [0.29, 0.717) is 5.57 Å². The largest absolute Gasteiger partial charge is 0.295 e. The van der Waals surface area contributed by atoms with E-state index in [4.69, 9.17) is 23.2 Å². The number of halogens is 2. The third-order valence-corrected chi connectivity index (χ3v) is 1.27. The second-order valence-corrected chi connectivity index (χ2v) is 2.87. The van der Waals surface area contributed by atoms with E-state index in [-0.39, 0.29) is 10.3 Å². The summed E-state index contributed by atoms with van der Waals surface area (Å²) in [5.41, 5.74) is 0.638. The number of rotatable bonds is 2. The molecule has 0 atom stereocenters. The molecule has 0 saturated carbocycles. The molecule has 1 nitrogen and oxygen atoms in total. The van der Waals surface area contributed by atoms with Crippen LogP contribution in [0.2, 0.25) is 0 Å². The summed E-state index contributed by atoms with van der Waals surface area (Å²) in [6.45, 7) is 3.19. The van der Waals surface area contributed by atoms with Crippen molar-refractivity contribution in [3.8, 4) is 0 Å². The Morgan fingerprint density at radius 3 is 2.00 bits per heavy atom. The van der Waals surface area contributed by atoms with Crippen LogP contribution in [-0.2, 0) is 4.79 Å². The molecule has 0 aliphatic carbocycles. The Kier molecular flexibility index (Phi) is 4.41. The summed E-state index contributed by atoms with van der Waals surface area (Å²) in [5.74, 6) is 0.0193. The first-order chi connectivity index (χ1) is 4.54. The average Bonchev–Trinajstić information content (AvgIpc) is 1.82. The van der Waals surface area contributed by atoms with E-state index in [1.54, 1.807) is 13.0 Å². The summed E-state index contributed by atoms with van der Waals surface area (Å²) in [4.78, 5) is 10.6. The van der Waals surface area contributed by atoms with E-state index >= 15 is 0 Å². The number of carbonyl (C=O) groups excluding carboxylic acids is 1. The van der Waals surface area contributed by atoms with Crippen LogP contribution in [0.3, 0.4) is 0 Å². The maximum atomic E-state index is 10.6. The minimum Gasteiger partial charge on any atom is -0.295 e. The van der Waals surface area contributed by atoms with Gasteiger partial charge < -0.3 is 0 Å². The molecule has 0 aliphatic heterocycles. The molecule has 0 aromatic heterocycles. The Balaban J connectivity index is 4.19. The van der Waals surface area contributed by atoms with E-state index in [2.05, 4.69) is 0 Å². The monoisotopic (exact) mass is 178 g/mol. The number of allylic oxidation sites excluding steroid dienone is 3. The molecule has 0 bridgehead atoms. The van der Waals surface area contributed by atoms with Crippen molar-refractivity contribution in [2.45, 2.75) is 13.8 Å². The first-order valence-corrected chi connectivity index (χ1v) is 3.50. The third kappa shape index (κ3) is 4.59. The summed E-state index contributed by atoms with van der Waals surface area (Å²) in [7, 11) is 0. The fourth-order valence-corrected chi connectivity index (χ4v) is 0.431. The van der Waals surface area contributed by atoms with E-state index in [9.17, 15) is 4.79 Å². The first kappa shape index (κ1) is 9.73. The minimum atomic E-state index is 0.0193. The molecule has 0 saturated heterocycles. The molecule has 0 heterocycles. The lowest BCUT2D eigenvalue weighted by atomic mass is 10.2. The molecule has 3 heteroatoms. The zero-order valence-corrected chi connectivity index (χ0v) is 7.33. The molecule has 0 spiro atoms. The standard InChI is InChI=1S/C7H8Cl2O/c1-5(6(2)10)3-4-7(8)9/h3-4H,1-2H3/b5-3+. The van der Waals surface area contributed by atoms with Crippen molar-refractivity contribution in [2.24, 2.45) is 0 Å². The van der Waals surface area contributed by atoms with Gasteiger partial charge in [-0.2, -0.15) is 0 Å². The predicted molar refractivity (Wildman–Crippen MR) is 44.2 cm³/mol. The van der Waals surface area contributed by atoms with E-state index in [1.165, 1.54) is 13.0 Å². The van der Waals surface area contributed by atoms with Crippen molar-refractivity contribution in [3.63, 3.8) is 0 Å². The molecule has 10 heavy (non-hydrogen) atoms. The summed E-state index contributed by atoms with van der Waals surface area (Å²) >= 11 is 10.6. The van der Waals surface area contributed by atoms with Gasteiger partial charge in [0.2, 0.25) is 0 Å². The van der Waals surface area contributed by atoms with Gasteiger partial charge in [0, 0.05) is 0 Å². The van der Waals surface area contributed by atoms with E-state index < -0.39 is 0 Å². The summed E-state index contributed by atoms with van der Waals surface area (Å²) in [6.07, 6.45) is 3.05. The van der Waals surface area contributed by atoms with Gasteiger partial charge in [-0.05, 0) is 25.5 Å². The molecular formula is C7H8Cl2O. The Labute approximate surface area is 70.3 Å². The van der Waals surface area contributed by atoms with Crippen molar-refractivity contribution >= 4 is 29.0 Å². The Hall–Kier alpha value is -0.270. The maximum Gasteiger partial charge on any atom is 0.155 e. The number of hydrogen-bond donors (Lipinski definition) is 0. The predicted octanol–water partition coefficient (Wildman–Crippen LogP) is 2.84. The van der Waals surface area contributed by atoms with Gasteiger partial charge in [-0.1, -0.05) is 29.3 Å². The van der Waals surface area contributed by atoms with Gasteiger partial charge in [-0.25, -0.2) is 0 Å². The molecule has 0 N–H and O–H groups in total. The van der Waals surface area contributed by atoms with Crippen LogP contribution in [0.5, 0.6) is 0 Å². The minimum absolute atomic E-state index is 0.0193. The van der Waals surface area contributed by atoms with Crippen molar-refractivity contribution in [1.82, 2.24) is 0 Å². The number of ketones is 1. The fourth-order valence-electron chi connectivity index (χ4n) is 0.305. The summed E-state index contributed by atoms with van der Waals surface area (Å²) in [6, 6.07) is 0. The zero-order valence-electron chi connectivity index (χ0n) is 5.82. The van der Waals surface area contributed by atoms with Gasteiger partial charge in [-0.15, -0.1) is 0 Å². The highest BCUT2D eigenvalue weighted by Crippen LogP contribution is 2.07. The SMILES string of the molecule is CC(=O)/C(C)=C/C=C(Cl)Cl. The van der Waals surface area contributed by atoms with Crippen molar-refractivity contribution in [1.29, 1.82) is 0 Å².